The van der Waals surface area contributed by atoms with Crippen molar-refractivity contribution in [2.24, 2.45) is 0 Å². The zero-order chi connectivity index (χ0) is 13.2. The molecule has 2 heterocycles. The van der Waals surface area contributed by atoms with E-state index in [-0.39, 0.29) is 11.7 Å². The Labute approximate surface area is 114 Å². The van der Waals surface area contributed by atoms with E-state index in [1.165, 1.54) is 6.07 Å². The van der Waals surface area contributed by atoms with Gasteiger partial charge in [0.15, 0.2) is 5.82 Å². The van der Waals surface area contributed by atoms with Crippen LogP contribution in [0.5, 0.6) is 0 Å². The summed E-state index contributed by atoms with van der Waals surface area (Å²) >= 11 is 5.90. The third-order valence-electron chi connectivity index (χ3n) is 2.99. The fourth-order valence-electron chi connectivity index (χ4n) is 2.11. The summed E-state index contributed by atoms with van der Waals surface area (Å²) in [6.45, 7) is 0.579. The molecule has 0 spiro atoms. The van der Waals surface area contributed by atoms with Gasteiger partial charge in [0, 0.05) is 12.4 Å². The average Bonchev–Trinajstić information content (AvgIpc) is 2.80. The van der Waals surface area contributed by atoms with Gasteiger partial charge in [-0.05, 0) is 23.8 Å². The second-order valence-corrected chi connectivity index (χ2v) is 4.48. The normalized spacial score (nSPS) is 11.1. The predicted octanol–water partition coefficient (Wildman–Crippen LogP) is 3.36. The van der Waals surface area contributed by atoms with E-state index < -0.39 is 0 Å². The minimum Gasteiger partial charge on any atom is -0.322 e. The second kappa shape index (κ2) is 4.97. The first-order chi connectivity index (χ1) is 9.29. The lowest BCUT2D eigenvalue weighted by Crippen LogP contribution is -2.03. The summed E-state index contributed by atoms with van der Waals surface area (Å²) in [5.41, 5.74) is 2.14. The van der Waals surface area contributed by atoms with Crippen molar-refractivity contribution in [2.75, 3.05) is 0 Å². The molecule has 0 atom stereocenters. The van der Waals surface area contributed by atoms with Crippen molar-refractivity contribution in [3.63, 3.8) is 0 Å². The summed E-state index contributed by atoms with van der Waals surface area (Å²) in [4.78, 5) is 8.34. The van der Waals surface area contributed by atoms with E-state index in [0.29, 0.717) is 17.9 Å². The number of nitrogens with zero attached hydrogens (tertiary/aromatic N) is 3. The molecule has 3 aromatic rings. The van der Waals surface area contributed by atoms with Gasteiger partial charge >= 0.3 is 0 Å². The number of halogens is 2. The van der Waals surface area contributed by atoms with Gasteiger partial charge in [0.1, 0.15) is 11.3 Å². The van der Waals surface area contributed by atoms with Crippen molar-refractivity contribution in [3.05, 3.63) is 59.9 Å². The summed E-state index contributed by atoms with van der Waals surface area (Å²) in [6.07, 6.45) is 3.50. The number of aromatic nitrogens is 3. The first kappa shape index (κ1) is 12.1. The largest absolute Gasteiger partial charge is 0.322 e. The van der Waals surface area contributed by atoms with Crippen LogP contribution in [0.25, 0.3) is 11.0 Å². The molecule has 0 fully saturated rings. The van der Waals surface area contributed by atoms with Gasteiger partial charge in [-0.15, -0.1) is 11.6 Å². The zero-order valence-corrected chi connectivity index (χ0v) is 10.8. The van der Waals surface area contributed by atoms with E-state index in [1.807, 2.05) is 22.8 Å². The van der Waals surface area contributed by atoms with Crippen LogP contribution in [0.4, 0.5) is 4.39 Å². The molecule has 0 saturated heterocycles. The van der Waals surface area contributed by atoms with E-state index in [4.69, 9.17) is 11.6 Å². The summed E-state index contributed by atoms with van der Waals surface area (Å²) in [5, 5.41) is 0. The Morgan fingerprint density at radius 2 is 2.11 bits per heavy atom. The second-order valence-electron chi connectivity index (χ2n) is 4.22. The predicted molar refractivity (Wildman–Crippen MR) is 72.6 cm³/mol. The van der Waals surface area contributed by atoms with Crippen LogP contribution in [-0.2, 0) is 12.4 Å². The Morgan fingerprint density at radius 3 is 2.84 bits per heavy atom. The van der Waals surface area contributed by atoms with Crippen molar-refractivity contribution >= 4 is 22.6 Å². The number of hydrogen-bond donors (Lipinski definition) is 0. The maximum Gasteiger partial charge on any atom is 0.151 e. The van der Waals surface area contributed by atoms with Crippen LogP contribution in [0.3, 0.4) is 0 Å². The Kier molecular flexibility index (Phi) is 3.17. The maximum absolute atomic E-state index is 13.7. The fourth-order valence-corrected chi connectivity index (χ4v) is 2.32. The lowest BCUT2D eigenvalue weighted by atomic mass is 10.2. The highest BCUT2D eigenvalue weighted by atomic mass is 35.5. The minimum atomic E-state index is -0.325. The smallest absolute Gasteiger partial charge is 0.151 e. The quantitative estimate of drug-likeness (QED) is 0.686. The summed E-state index contributed by atoms with van der Waals surface area (Å²) < 4.78 is 15.6. The molecular weight excluding hydrogens is 265 g/mol. The van der Waals surface area contributed by atoms with Crippen LogP contribution in [-0.4, -0.2) is 14.5 Å². The standard InChI is InChI=1S/C14H11ClFN3/c15-7-13-18-14-11(16)4-1-5-12(14)19(13)9-10-3-2-6-17-8-10/h1-6,8H,7,9H2. The van der Waals surface area contributed by atoms with E-state index in [9.17, 15) is 4.39 Å². The maximum atomic E-state index is 13.7. The number of alkyl halides is 1. The SMILES string of the molecule is Fc1cccc2c1nc(CCl)n2Cc1cccnc1. The van der Waals surface area contributed by atoms with Gasteiger partial charge in [-0.3, -0.25) is 4.98 Å². The van der Waals surface area contributed by atoms with Crippen LogP contribution in [0.15, 0.2) is 42.7 Å². The molecule has 3 rings (SSSR count). The Hall–Kier alpha value is -1.94. The van der Waals surface area contributed by atoms with Gasteiger partial charge in [0.2, 0.25) is 0 Å². The van der Waals surface area contributed by atoms with Crippen LogP contribution >= 0.6 is 11.6 Å². The highest BCUT2D eigenvalue weighted by molar-refractivity contribution is 6.16. The average molecular weight is 276 g/mol. The summed E-state index contributed by atoms with van der Waals surface area (Å²) in [7, 11) is 0. The van der Waals surface area contributed by atoms with Crippen LogP contribution < -0.4 is 0 Å². The van der Waals surface area contributed by atoms with Gasteiger partial charge in [-0.25, -0.2) is 9.37 Å². The van der Waals surface area contributed by atoms with E-state index in [1.54, 1.807) is 18.5 Å². The van der Waals surface area contributed by atoms with Crippen LogP contribution in [0.2, 0.25) is 0 Å². The molecule has 19 heavy (non-hydrogen) atoms. The zero-order valence-electron chi connectivity index (χ0n) is 10.1. The van der Waals surface area contributed by atoms with Gasteiger partial charge in [-0.1, -0.05) is 12.1 Å². The number of imidazole rings is 1. The van der Waals surface area contributed by atoms with Crippen molar-refractivity contribution < 1.29 is 4.39 Å². The number of pyridine rings is 1. The molecule has 0 N–H and O–H groups in total. The van der Waals surface area contributed by atoms with Gasteiger partial charge < -0.3 is 4.57 Å². The monoisotopic (exact) mass is 275 g/mol. The molecule has 0 unspecified atom stereocenters. The lowest BCUT2D eigenvalue weighted by Gasteiger charge is -2.07. The van der Waals surface area contributed by atoms with E-state index >= 15 is 0 Å². The summed E-state index contributed by atoms with van der Waals surface area (Å²) in [6, 6.07) is 8.77. The van der Waals surface area contributed by atoms with Crippen LogP contribution in [0, 0.1) is 5.82 Å². The molecule has 0 bridgehead atoms. The molecule has 1 aromatic carbocycles. The van der Waals surface area contributed by atoms with Crippen molar-refractivity contribution in [2.45, 2.75) is 12.4 Å². The molecule has 0 aliphatic heterocycles. The first-order valence-electron chi connectivity index (χ1n) is 5.88. The molecule has 0 aliphatic rings. The van der Waals surface area contributed by atoms with Crippen LogP contribution in [0.1, 0.15) is 11.4 Å². The molecule has 3 nitrogen and oxygen atoms in total. The van der Waals surface area contributed by atoms with Crippen molar-refractivity contribution in [3.8, 4) is 0 Å². The van der Waals surface area contributed by atoms with Gasteiger partial charge in [-0.2, -0.15) is 0 Å². The molecule has 2 aromatic heterocycles. The Bertz CT molecular complexity index is 709. The lowest BCUT2D eigenvalue weighted by molar-refractivity contribution is 0.637. The van der Waals surface area contributed by atoms with Gasteiger partial charge in [0.05, 0.1) is 17.9 Å². The third kappa shape index (κ3) is 2.19. The number of benzene rings is 1. The van der Waals surface area contributed by atoms with Crippen molar-refractivity contribution in [1.82, 2.24) is 14.5 Å². The van der Waals surface area contributed by atoms with E-state index in [0.717, 1.165) is 11.1 Å². The molecular formula is C14H11ClFN3. The fraction of sp³-hybridized carbons (Fsp3) is 0.143. The molecule has 0 aliphatic carbocycles. The highest BCUT2D eigenvalue weighted by Crippen LogP contribution is 2.21. The van der Waals surface area contributed by atoms with E-state index in [2.05, 4.69) is 9.97 Å². The first-order valence-corrected chi connectivity index (χ1v) is 6.41. The number of rotatable bonds is 3. The summed E-state index contributed by atoms with van der Waals surface area (Å²) in [5.74, 6) is 0.577. The molecule has 0 radical (unpaired) electrons. The minimum absolute atomic E-state index is 0.244. The molecule has 0 saturated carbocycles. The van der Waals surface area contributed by atoms with Crippen molar-refractivity contribution in [1.29, 1.82) is 0 Å². The Morgan fingerprint density at radius 1 is 1.21 bits per heavy atom. The van der Waals surface area contributed by atoms with Gasteiger partial charge in [0.25, 0.3) is 0 Å². The third-order valence-corrected chi connectivity index (χ3v) is 3.23. The number of para-hydroxylation sites is 1. The molecule has 96 valence electrons. The topological polar surface area (TPSA) is 30.7 Å². The Balaban J connectivity index is 2.14. The highest BCUT2D eigenvalue weighted by Gasteiger charge is 2.13. The molecule has 0 amide bonds. The molecule has 5 heteroatoms. The number of hydrogen-bond acceptors (Lipinski definition) is 2. The number of fused-ring (bicyclic) bond motifs is 1.